The van der Waals surface area contributed by atoms with Crippen LogP contribution in [0.4, 0.5) is 0 Å². The first-order chi connectivity index (χ1) is 13.5. The van der Waals surface area contributed by atoms with Crippen LogP contribution in [0.1, 0.15) is 90.9 Å². The monoisotopic (exact) mass is 396 g/mol. The topological polar surface area (TPSA) is 89.7 Å². The molecule has 0 aromatic rings. The molecule has 0 heterocycles. The maximum atomic E-state index is 12.7. The third kappa shape index (κ3) is 13.3. The maximum Gasteiger partial charge on any atom is 0.330 e. The number of rotatable bonds is 18. The maximum absolute atomic E-state index is 12.7. The Kier molecular flexibility index (Phi) is 16.1. The molecule has 0 aliphatic carbocycles. The van der Waals surface area contributed by atoms with Gasteiger partial charge in [-0.1, -0.05) is 78.2 Å². The Hall–Kier alpha value is -1.85. The molecule has 0 spiro atoms. The number of primary amides is 1. The molecule has 0 bridgehead atoms. The van der Waals surface area contributed by atoms with E-state index >= 15 is 0 Å². The molecule has 0 saturated heterocycles. The number of amides is 2. The van der Waals surface area contributed by atoms with E-state index in [1.807, 2.05) is 6.92 Å². The van der Waals surface area contributed by atoms with Crippen LogP contribution < -0.4 is 5.73 Å². The van der Waals surface area contributed by atoms with Crippen molar-refractivity contribution in [2.24, 2.45) is 5.73 Å². The summed E-state index contributed by atoms with van der Waals surface area (Å²) in [6.07, 6.45) is 12.5. The molecule has 0 aromatic carbocycles. The number of carbonyl (C=O) groups is 3. The van der Waals surface area contributed by atoms with Gasteiger partial charge in [0.15, 0.2) is 6.10 Å². The zero-order valence-electron chi connectivity index (χ0n) is 17.9. The first-order valence-corrected chi connectivity index (χ1v) is 10.9. The third-order valence-corrected chi connectivity index (χ3v) is 4.67. The van der Waals surface area contributed by atoms with Gasteiger partial charge in [-0.2, -0.15) is 0 Å². The molecular weight excluding hydrogens is 356 g/mol. The second-order valence-corrected chi connectivity index (χ2v) is 7.31. The molecule has 0 aliphatic rings. The molecule has 0 rings (SSSR count). The molecule has 0 radical (unpaired) electrons. The Morgan fingerprint density at radius 1 is 0.893 bits per heavy atom. The summed E-state index contributed by atoms with van der Waals surface area (Å²) in [6, 6.07) is 0. The molecule has 6 nitrogen and oxygen atoms in total. The van der Waals surface area contributed by atoms with Crippen LogP contribution in [0, 0.1) is 0 Å². The highest BCUT2D eigenvalue weighted by Gasteiger charge is 2.28. The number of ether oxygens (including phenoxy) is 1. The predicted octanol–water partition coefficient (Wildman–Crippen LogP) is 4.12. The zero-order valence-corrected chi connectivity index (χ0v) is 17.9. The van der Waals surface area contributed by atoms with Crippen LogP contribution in [0.25, 0.3) is 0 Å². The molecule has 0 saturated carbocycles. The van der Waals surface area contributed by atoms with Gasteiger partial charge in [-0.3, -0.25) is 9.59 Å². The number of carbonyl (C=O) groups excluding carboxylic acids is 3. The van der Waals surface area contributed by atoms with Crippen LogP contribution in [-0.4, -0.2) is 41.9 Å². The second kappa shape index (κ2) is 17.3. The van der Waals surface area contributed by atoms with Gasteiger partial charge in [-0.15, -0.1) is 0 Å². The summed E-state index contributed by atoms with van der Waals surface area (Å²) in [5.74, 6) is -1.76. The standard InChI is InChI=1S/C22H40N2O4/c1-4-7-8-9-10-11-12-13-14-15-17-24(16-5-2)22(27)19(18-20(23)25)28-21(26)6-3/h6,19H,3-5,7-18H2,1-2H3,(H2,23,25). The van der Waals surface area contributed by atoms with Crippen molar-refractivity contribution < 1.29 is 19.1 Å². The summed E-state index contributed by atoms with van der Waals surface area (Å²) in [6.45, 7) is 8.70. The van der Waals surface area contributed by atoms with Gasteiger partial charge in [-0.25, -0.2) is 4.79 Å². The van der Waals surface area contributed by atoms with E-state index in [4.69, 9.17) is 10.5 Å². The molecular formula is C22H40N2O4. The summed E-state index contributed by atoms with van der Waals surface area (Å²) >= 11 is 0. The second-order valence-electron chi connectivity index (χ2n) is 7.31. The fourth-order valence-corrected chi connectivity index (χ4v) is 3.15. The van der Waals surface area contributed by atoms with E-state index in [0.29, 0.717) is 13.1 Å². The fourth-order valence-electron chi connectivity index (χ4n) is 3.15. The molecule has 1 unspecified atom stereocenters. The number of hydrogen-bond acceptors (Lipinski definition) is 4. The largest absolute Gasteiger partial charge is 0.449 e. The van der Waals surface area contributed by atoms with Gasteiger partial charge in [0, 0.05) is 19.2 Å². The summed E-state index contributed by atoms with van der Waals surface area (Å²) in [5, 5.41) is 0. The average Bonchev–Trinajstić information content (AvgIpc) is 2.67. The van der Waals surface area contributed by atoms with Crippen molar-refractivity contribution in [2.45, 2.75) is 97.0 Å². The molecule has 0 aliphatic heterocycles. The van der Waals surface area contributed by atoms with Gasteiger partial charge in [0.05, 0.1) is 6.42 Å². The zero-order chi connectivity index (χ0) is 21.2. The molecule has 162 valence electrons. The Balaban J connectivity index is 4.31. The average molecular weight is 397 g/mol. The first-order valence-electron chi connectivity index (χ1n) is 10.9. The van der Waals surface area contributed by atoms with Crippen molar-refractivity contribution in [3.05, 3.63) is 12.7 Å². The summed E-state index contributed by atoms with van der Waals surface area (Å²) in [5.41, 5.74) is 5.20. The lowest BCUT2D eigenvalue weighted by Crippen LogP contribution is -2.43. The van der Waals surface area contributed by atoms with Gasteiger partial charge >= 0.3 is 5.97 Å². The molecule has 0 fully saturated rings. The number of unbranched alkanes of at least 4 members (excludes halogenated alkanes) is 9. The van der Waals surface area contributed by atoms with Gasteiger partial charge in [-0.05, 0) is 12.8 Å². The molecule has 1 atom stereocenters. The SMILES string of the molecule is C=CC(=O)OC(CC(N)=O)C(=O)N(CCC)CCCCCCCCCCCC. The molecule has 28 heavy (non-hydrogen) atoms. The van der Waals surface area contributed by atoms with E-state index < -0.39 is 18.0 Å². The highest BCUT2D eigenvalue weighted by molar-refractivity contribution is 5.90. The minimum atomic E-state index is -1.17. The van der Waals surface area contributed by atoms with E-state index in [1.165, 1.54) is 44.9 Å². The quantitative estimate of drug-likeness (QED) is 0.214. The molecule has 0 aromatic heterocycles. The highest BCUT2D eigenvalue weighted by Crippen LogP contribution is 2.12. The van der Waals surface area contributed by atoms with E-state index in [-0.39, 0.29) is 12.3 Å². The minimum absolute atomic E-state index is 0.309. The van der Waals surface area contributed by atoms with Crippen molar-refractivity contribution >= 4 is 17.8 Å². The lowest BCUT2D eigenvalue weighted by atomic mass is 10.1. The van der Waals surface area contributed by atoms with Gasteiger partial charge < -0.3 is 15.4 Å². The van der Waals surface area contributed by atoms with Crippen molar-refractivity contribution in [1.82, 2.24) is 4.90 Å². The summed E-state index contributed by atoms with van der Waals surface area (Å²) in [7, 11) is 0. The minimum Gasteiger partial charge on any atom is -0.449 e. The van der Waals surface area contributed by atoms with Gasteiger partial charge in [0.25, 0.3) is 5.91 Å². The fraction of sp³-hybridized carbons (Fsp3) is 0.773. The van der Waals surface area contributed by atoms with E-state index in [1.54, 1.807) is 4.90 Å². The van der Waals surface area contributed by atoms with Crippen LogP contribution >= 0.6 is 0 Å². The first kappa shape index (κ1) is 26.1. The van der Waals surface area contributed by atoms with Gasteiger partial charge in [0.2, 0.25) is 5.91 Å². The van der Waals surface area contributed by atoms with Crippen molar-refractivity contribution in [3.63, 3.8) is 0 Å². The number of nitrogens with zero attached hydrogens (tertiary/aromatic N) is 1. The Morgan fingerprint density at radius 3 is 1.89 bits per heavy atom. The molecule has 6 heteroatoms. The van der Waals surface area contributed by atoms with Crippen LogP contribution in [0.3, 0.4) is 0 Å². The Morgan fingerprint density at radius 2 is 1.43 bits per heavy atom. The van der Waals surface area contributed by atoms with Crippen LogP contribution in [0.2, 0.25) is 0 Å². The van der Waals surface area contributed by atoms with Crippen LogP contribution in [0.5, 0.6) is 0 Å². The number of nitrogens with two attached hydrogens (primary N) is 1. The Bertz CT molecular complexity index is 465. The molecule has 2 amide bonds. The van der Waals surface area contributed by atoms with E-state index in [2.05, 4.69) is 13.5 Å². The lowest BCUT2D eigenvalue weighted by Gasteiger charge is -2.26. The van der Waals surface area contributed by atoms with Crippen molar-refractivity contribution in [1.29, 1.82) is 0 Å². The highest BCUT2D eigenvalue weighted by atomic mass is 16.5. The van der Waals surface area contributed by atoms with E-state index in [0.717, 1.165) is 31.8 Å². The van der Waals surface area contributed by atoms with E-state index in [9.17, 15) is 14.4 Å². The smallest absolute Gasteiger partial charge is 0.330 e. The number of esters is 1. The molecule has 2 N–H and O–H groups in total. The van der Waals surface area contributed by atoms with Gasteiger partial charge in [0.1, 0.15) is 0 Å². The van der Waals surface area contributed by atoms with Crippen molar-refractivity contribution in [3.8, 4) is 0 Å². The normalized spacial score (nSPS) is 11.6. The van der Waals surface area contributed by atoms with Crippen LogP contribution in [-0.2, 0) is 19.1 Å². The summed E-state index contributed by atoms with van der Waals surface area (Å²) < 4.78 is 5.05. The van der Waals surface area contributed by atoms with Crippen molar-refractivity contribution in [2.75, 3.05) is 13.1 Å². The lowest BCUT2D eigenvalue weighted by molar-refractivity contribution is -0.158. The van der Waals surface area contributed by atoms with Crippen LogP contribution in [0.15, 0.2) is 12.7 Å². The third-order valence-electron chi connectivity index (χ3n) is 4.67. The number of hydrogen-bond donors (Lipinski definition) is 1. The summed E-state index contributed by atoms with van der Waals surface area (Å²) in [4.78, 5) is 37.1. The predicted molar refractivity (Wildman–Crippen MR) is 113 cm³/mol. The Labute approximate surface area is 170 Å².